The third-order valence-electron chi connectivity index (χ3n) is 21.4. The molecule has 1 aromatic carbocycles. The van der Waals surface area contributed by atoms with Gasteiger partial charge in [0.25, 0.3) is 0 Å². The lowest BCUT2D eigenvalue weighted by molar-refractivity contribution is 0.516. The van der Waals surface area contributed by atoms with Gasteiger partial charge in [-0.25, -0.2) is 0 Å². The summed E-state index contributed by atoms with van der Waals surface area (Å²) in [4.78, 5) is 4.85. The van der Waals surface area contributed by atoms with E-state index in [2.05, 4.69) is 75.1 Å². The Morgan fingerprint density at radius 1 is 0.160 bits per heavy atom. The topological polar surface area (TPSA) is 0 Å². The second-order valence-corrected chi connectivity index (χ2v) is 34.5. The third-order valence-corrected chi connectivity index (χ3v) is 25.2. The summed E-state index contributed by atoms with van der Waals surface area (Å²) in [6.45, 7) is 9.33. The van der Waals surface area contributed by atoms with Gasteiger partial charge in [-0.15, -0.1) is 35.3 Å². The molecule has 0 saturated carbocycles. The first-order valence-electron chi connectivity index (χ1n) is 44.8. The second kappa shape index (κ2) is 82.2. The van der Waals surface area contributed by atoms with Crippen molar-refractivity contribution in [3.63, 3.8) is 0 Å². The molecule has 0 aromatic heterocycles. The van der Waals surface area contributed by atoms with Crippen LogP contribution in [0.4, 0.5) is 0 Å². The smallest absolute Gasteiger partial charge is 0.0344 e. The zero-order valence-electron chi connectivity index (χ0n) is 65.7. The first kappa shape index (κ1) is 92.3. The monoisotopic (exact) mass is 1370 g/mol. The Labute approximate surface area is 609 Å². The molecule has 1 aromatic rings. The van der Waals surface area contributed by atoms with Crippen LogP contribution in [-0.4, -0.2) is 17.3 Å². The maximum atomic E-state index is 2.56. The van der Waals surface area contributed by atoms with Crippen molar-refractivity contribution in [3.05, 3.63) is 17.7 Å². The van der Waals surface area contributed by atoms with Crippen molar-refractivity contribution in [2.75, 3.05) is 17.3 Å². The highest BCUT2D eigenvalue weighted by Crippen LogP contribution is 2.41. The first-order valence-corrected chi connectivity index (χ1v) is 47.7. The van der Waals surface area contributed by atoms with Gasteiger partial charge in [-0.3, -0.25) is 0 Å². The molecule has 0 radical (unpaired) electrons. The van der Waals surface area contributed by atoms with Gasteiger partial charge in [-0.05, 0) is 61.1 Å². The molecule has 0 heterocycles. The van der Waals surface area contributed by atoms with E-state index < -0.39 is 0 Å². The molecule has 0 aliphatic heterocycles. The van der Waals surface area contributed by atoms with Gasteiger partial charge in [-0.1, -0.05) is 502 Å². The van der Waals surface area contributed by atoms with E-state index in [1.165, 1.54) is 524 Å². The summed E-state index contributed by atoms with van der Waals surface area (Å²) in [5.74, 6) is 3.88. The molecule has 94 heavy (non-hydrogen) atoms. The second-order valence-electron chi connectivity index (χ2n) is 31.2. The van der Waals surface area contributed by atoms with E-state index in [0.717, 1.165) is 0 Å². The molecular formula is C91H176S3. The van der Waals surface area contributed by atoms with Crippen molar-refractivity contribution in [1.82, 2.24) is 0 Å². The van der Waals surface area contributed by atoms with Gasteiger partial charge in [0.2, 0.25) is 0 Å². The Morgan fingerprint density at radius 2 is 0.277 bits per heavy atom. The molecule has 0 unspecified atom stereocenters. The van der Waals surface area contributed by atoms with Crippen LogP contribution in [0.5, 0.6) is 0 Å². The van der Waals surface area contributed by atoms with E-state index in [-0.39, 0.29) is 0 Å². The van der Waals surface area contributed by atoms with Gasteiger partial charge in [-0.2, -0.15) is 0 Å². The number of benzene rings is 1. The van der Waals surface area contributed by atoms with E-state index in [0.29, 0.717) is 0 Å². The van der Waals surface area contributed by atoms with Crippen LogP contribution in [0.2, 0.25) is 0 Å². The number of unbranched alkanes of at least 4 members (excludes halogenated alkanes) is 75. The van der Waals surface area contributed by atoms with Gasteiger partial charge in [0, 0.05) is 14.7 Å². The van der Waals surface area contributed by atoms with Crippen LogP contribution in [0.1, 0.15) is 527 Å². The van der Waals surface area contributed by atoms with E-state index in [1.807, 2.05) is 0 Å². The lowest BCUT2D eigenvalue weighted by Gasteiger charge is -2.16. The van der Waals surface area contributed by atoms with Gasteiger partial charge < -0.3 is 0 Å². The molecule has 0 nitrogen and oxygen atoms in total. The molecule has 0 N–H and O–H groups in total. The standard InChI is InChI=1S/C91H176S3/c1-5-8-11-14-17-20-23-26-29-32-35-38-41-44-47-50-53-56-59-62-65-68-71-74-77-80-83-92-89-86-88(4)87-90(93-84-81-78-75-72-69-66-63-60-57-54-51-48-45-42-39-36-33-30-27-24-21-18-15-12-9-6-2)91(89)94-85-82-79-76-73-70-67-64-61-58-55-52-49-46-43-40-37-34-31-28-25-22-19-16-13-10-7-3/h86-87H,5-85H2,1-4H3. The SMILES string of the molecule is CCCCCCCCCCCCCCCCCCCCCCCCCCCCSc1cc(C)cc(SCCCCCCCCCCCCCCCCCCCCCCCCCCCC)c1SCCCCCCCCCCCCCCCCCCCCCCCCCCCC. The molecule has 0 saturated heterocycles. The quantitative estimate of drug-likeness (QED) is 0.0471. The molecule has 1 rings (SSSR count). The third kappa shape index (κ3) is 72.1. The summed E-state index contributed by atoms with van der Waals surface area (Å²) in [6.07, 6.45) is 114. The largest absolute Gasteiger partial charge is 0.125 e. The van der Waals surface area contributed by atoms with E-state index in [4.69, 9.17) is 0 Å². The minimum absolute atomic E-state index is 1.29. The predicted molar refractivity (Wildman–Crippen MR) is 440 cm³/mol. The van der Waals surface area contributed by atoms with E-state index >= 15 is 0 Å². The van der Waals surface area contributed by atoms with Crippen LogP contribution in [0, 0.1) is 6.92 Å². The summed E-state index contributed by atoms with van der Waals surface area (Å²) in [5.41, 5.74) is 1.48. The molecule has 0 bridgehead atoms. The molecular weight excluding hydrogens is 1190 g/mol. The molecule has 0 atom stereocenters. The van der Waals surface area contributed by atoms with Crippen LogP contribution in [0.3, 0.4) is 0 Å². The minimum atomic E-state index is 1.29. The van der Waals surface area contributed by atoms with Crippen molar-refractivity contribution >= 4 is 35.3 Å². The van der Waals surface area contributed by atoms with Gasteiger partial charge in [0.1, 0.15) is 0 Å². The van der Waals surface area contributed by atoms with Crippen LogP contribution < -0.4 is 0 Å². The van der Waals surface area contributed by atoms with Crippen molar-refractivity contribution in [2.24, 2.45) is 0 Å². The van der Waals surface area contributed by atoms with Gasteiger partial charge >= 0.3 is 0 Å². The Morgan fingerprint density at radius 3 is 0.415 bits per heavy atom. The number of thioether (sulfide) groups is 3. The van der Waals surface area contributed by atoms with Crippen LogP contribution in [-0.2, 0) is 0 Å². The number of aryl methyl sites for hydroxylation is 1. The highest BCUT2D eigenvalue weighted by Gasteiger charge is 2.13. The minimum Gasteiger partial charge on any atom is -0.125 e. The lowest BCUT2D eigenvalue weighted by Crippen LogP contribution is -1.92. The molecule has 3 heteroatoms. The van der Waals surface area contributed by atoms with Crippen molar-refractivity contribution in [2.45, 2.75) is 543 Å². The molecule has 0 fully saturated rings. The fraction of sp³-hybridized carbons (Fsp3) is 0.934. The van der Waals surface area contributed by atoms with Gasteiger partial charge in [0.05, 0.1) is 0 Å². The Bertz CT molecular complexity index is 1440. The molecule has 0 spiro atoms. The van der Waals surface area contributed by atoms with Crippen LogP contribution in [0.25, 0.3) is 0 Å². The Hall–Kier alpha value is 0.270. The van der Waals surface area contributed by atoms with Crippen LogP contribution in [0.15, 0.2) is 26.8 Å². The lowest BCUT2D eigenvalue weighted by atomic mass is 10.0. The summed E-state index contributed by atoms with van der Waals surface area (Å²) in [6, 6.07) is 5.11. The zero-order valence-corrected chi connectivity index (χ0v) is 68.1. The highest BCUT2D eigenvalue weighted by molar-refractivity contribution is 8.03. The van der Waals surface area contributed by atoms with Crippen molar-refractivity contribution in [3.8, 4) is 0 Å². The Balaban J connectivity index is 2.26. The molecule has 558 valence electrons. The number of hydrogen-bond acceptors (Lipinski definition) is 3. The summed E-state index contributed by atoms with van der Waals surface area (Å²) >= 11 is 6.62. The maximum absolute atomic E-state index is 2.56. The highest BCUT2D eigenvalue weighted by atomic mass is 32.2. The molecule has 0 amide bonds. The average Bonchev–Trinajstić information content (AvgIpc) is 0.853. The van der Waals surface area contributed by atoms with E-state index in [1.54, 1.807) is 14.7 Å². The van der Waals surface area contributed by atoms with Crippen molar-refractivity contribution < 1.29 is 0 Å². The van der Waals surface area contributed by atoms with Gasteiger partial charge in [0.15, 0.2) is 0 Å². The van der Waals surface area contributed by atoms with E-state index in [9.17, 15) is 0 Å². The molecule has 0 aliphatic carbocycles. The average molecular weight is 1370 g/mol. The summed E-state index contributed by atoms with van der Waals surface area (Å²) in [5, 5.41) is 0. The first-order chi connectivity index (χ1) is 46.7. The fourth-order valence-electron chi connectivity index (χ4n) is 14.9. The van der Waals surface area contributed by atoms with Crippen LogP contribution >= 0.6 is 35.3 Å². The predicted octanol–water partition coefficient (Wildman–Crippen LogP) is 35.8. The number of hydrogen-bond donors (Lipinski definition) is 0. The molecule has 0 aliphatic rings. The summed E-state index contributed by atoms with van der Waals surface area (Å²) < 4.78 is 0. The maximum Gasteiger partial charge on any atom is 0.0344 e. The summed E-state index contributed by atoms with van der Waals surface area (Å²) in [7, 11) is 0. The fourth-order valence-corrected chi connectivity index (χ4v) is 18.7. The van der Waals surface area contributed by atoms with Crippen molar-refractivity contribution in [1.29, 1.82) is 0 Å². The zero-order chi connectivity index (χ0) is 67.1. The number of rotatable bonds is 84. The Kier molecular flexibility index (Phi) is 80.7. The normalized spacial score (nSPS) is 11.8.